The maximum atomic E-state index is 12.6. The number of piperidine rings is 1. The quantitative estimate of drug-likeness (QED) is 0.889. The zero-order valence-corrected chi connectivity index (χ0v) is 12.2. The summed E-state index contributed by atoms with van der Waals surface area (Å²) in [5, 5.41) is 3.32. The molecule has 0 bridgehead atoms. The fourth-order valence-corrected chi connectivity index (χ4v) is 3.17. The Kier molecular flexibility index (Phi) is 4.01. The van der Waals surface area contributed by atoms with Crippen LogP contribution >= 0.6 is 0 Å². The predicted molar refractivity (Wildman–Crippen MR) is 78.3 cm³/mol. The molecule has 108 valence electrons. The van der Waals surface area contributed by atoms with Crippen molar-refractivity contribution in [2.24, 2.45) is 5.92 Å². The van der Waals surface area contributed by atoms with Gasteiger partial charge in [-0.3, -0.25) is 9.78 Å². The molecule has 1 amide bonds. The van der Waals surface area contributed by atoms with Gasteiger partial charge in [0, 0.05) is 36.8 Å². The van der Waals surface area contributed by atoms with E-state index in [9.17, 15) is 4.79 Å². The fourth-order valence-electron chi connectivity index (χ4n) is 3.17. The summed E-state index contributed by atoms with van der Waals surface area (Å²) in [5.74, 6) is 0.567. The van der Waals surface area contributed by atoms with Crippen molar-refractivity contribution in [3.8, 4) is 0 Å². The third kappa shape index (κ3) is 2.70. The lowest BCUT2D eigenvalue weighted by atomic mass is 9.95. The summed E-state index contributed by atoms with van der Waals surface area (Å²) in [6.07, 6.45) is 3.84. The maximum Gasteiger partial charge on any atom is 0.226 e. The lowest BCUT2D eigenvalue weighted by Gasteiger charge is -2.33. The van der Waals surface area contributed by atoms with Crippen LogP contribution in [0.2, 0.25) is 0 Å². The normalized spacial score (nSPS) is 19.8. The van der Waals surface area contributed by atoms with Crippen molar-refractivity contribution in [3.05, 3.63) is 29.1 Å². The molecule has 1 fully saturated rings. The molecule has 0 aliphatic carbocycles. The molecule has 1 aromatic heterocycles. The van der Waals surface area contributed by atoms with Gasteiger partial charge < -0.3 is 10.2 Å². The van der Waals surface area contributed by atoms with E-state index in [1.54, 1.807) is 0 Å². The number of carbonyl (C=O) groups excluding carboxylic acids is 1. The number of fused-ring (bicyclic) bond motifs is 1. The molecule has 1 saturated heterocycles. The van der Waals surface area contributed by atoms with Crippen LogP contribution < -0.4 is 5.32 Å². The number of hydrogen-bond donors (Lipinski definition) is 1. The summed E-state index contributed by atoms with van der Waals surface area (Å²) < 4.78 is 0. The van der Waals surface area contributed by atoms with Crippen LogP contribution in [0.4, 0.5) is 0 Å². The number of pyridine rings is 1. The Balaban J connectivity index is 1.70. The Morgan fingerprint density at radius 3 is 2.95 bits per heavy atom. The van der Waals surface area contributed by atoms with E-state index < -0.39 is 0 Å². The molecule has 20 heavy (non-hydrogen) atoms. The van der Waals surface area contributed by atoms with Crippen LogP contribution in [0, 0.1) is 5.92 Å². The van der Waals surface area contributed by atoms with E-state index in [-0.39, 0.29) is 5.92 Å². The highest BCUT2D eigenvalue weighted by molar-refractivity contribution is 5.79. The maximum absolute atomic E-state index is 12.6. The van der Waals surface area contributed by atoms with Gasteiger partial charge in [0.1, 0.15) is 0 Å². The number of carbonyl (C=O) groups is 1. The third-order valence-corrected chi connectivity index (χ3v) is 4.47. The van der Waals surface area contributed by atoms with Gasteiger partial charge in [0.2, 0.25) is 5.91 Å². The number of aromatic nitrogens is 1. The second kappa shape index (κ2) is 5.92. The molecule has 2 aliphatic heterocycles. The molecule has 0 spiro atoms. The average Bonchev–Trinajstić information content (AvgIpc) is 2.54. The van der Waals surface area contributed by atoms with Crippen LogP contribution in [-0.2, 0) is 24.2 Å². The van der Waals surface area contributed by atoms with Gasteiger partial charge in [-0.25, -0.2) is 0 Å². The number of aryl methyl sites for hydroxylation is 1. The Hall–Kier alpha value is -1.42. The summed E-state index contributed by atoms with van der Waals surface area (Å²) in [6.45, 7) is 5.65. The zero-order chi connectivity index (χ0) is 13.9. The van der Waals surface area contributed by atoms with E-state index in [2.05, 4.69) is 24.4 Å². The van der Waals surface area contributed by atoms with Crippen LogP contribution in [0.25, 0.3) is 0 Å². The minimum Gasteiger partial charge on any atom is -0.338 e. The number of hydrogen-bond acceptors (Lipinski definition) is 3. The van der Waals surface area contributed by atoms with E-state index >= 15 is 0 Å². The second-order valence-corrected chi connectivity index (χ2v) is 5.80. The molecule has 2 aliphatic rings. The molecular formula is C16H23N3O. The molecule has 0 aromatic carbocycles. The van der Waals surface area contributed by atoms with Crippen LogP contribution in [0.15, 0.2) is 12.1 Å². The summed E-state index contributed by atoms with van der Waals surface area (Å²) in [7, 11) is 0. The lowest BCUT2D eigenvalue weighted by Crippen LogP contribution is -2.43. The third-order valence-electron chi connectivity index (χ3n) is 4.47. The van der Waals surface area contributed by atoms with Crippen molar-refractivity contribution in [1.29, 1.82) is 0 Å². The molecule has 3 heterocycles. The molecule has 1 N–H and O–H groups in total. The van der Waals surface area contributed by atoms with Crippen LogP contribution in [0.3, 0.4) is 0 Å². The first-order valence-electron chi connectivity index (χ1n) is 7.75. The topological polar surface area (TPSA) is 45.2 Å². The molecule has 0 saturated carbocycles. The van der Waals surface area contributed by atoms with Gasteiger partial charge in [0.05, 0.1) is 0 Å². The number of amides is 1. The fraction of sp³-hybridized carbons (Fsp3) is 0.625. The summed E-state index contributed by atoms with van der Waals surface area (Å²) in [4.78, 5) is 19.3. The minimum atomic E-state index is 0.223. The van der Waals surface area contributed by atoms with Crippen LogP contribution in [-0.4, -0.2) is 35.4 Å². The molecule has 4 nitrogen and oxygen atoms in total. The number of nitrogens with one attached hydrogen (secondary N) is 1. The average molecular weight is 273 g/mol. The highest BCUT2D eigenvalue weighted by atomic mass is 16.2. The van der Waals surface area contributed by atoms with Crippen molar-refractivity contribution < 1.29 is 4.79 Å². The van der Waals surface area contributed by atoms with Crippen LogP contribution in [0.5, 0.6) is 0 Å². The molecule has 0 radical (unpaired) electrons. The molecule has 3 rings (SSSR count). The van der Waals surface area contributed by atoms with Crippen molar-refractivity contribution in [1.82, 2.24) is 15.2 Å². The first-order chi connectivity index (χ1) is 9.78. The van der Waals surface area contributed by atoms with E-state index in [1.165, 1.54) is 11.3 Å². The Morgan fingerprint density at radius 2 is 2.20 bits per heavy atom. The predicted octanol–water partition coefficient (Wildman–Crippen LogP) is 1.53. The first kappa shape index (κ1) is 13.6. The SMILES string of the molecule is CCc1ccc2c(n1)CCN(C(=O)C1CCNCC1)C2. The number of rotatable bonds is 2. The Bertz CT molecular complexity index is 494. The lowest BCUT2D eigenvalue weighted by molar-refractivity contribution is -0.137. The summed E-state index contributed by atoms with van der Waals surface area (Å²) in [5.41, 5.74) is 3.58. The van der Waals surface area contributed by atoms with Gasteiger partial charge in [0.15, 0.2) is 0 Å². The van der Waals surface area contributed by atoms with E-state index in [1.807, 2.05) is 4.90 Å². The Labute approximate surface area is 120 Å². The van der Waals surface area contributed by atoms with Crippen molar-refractivity contribution in [3.63, 3.8) is 0 Å². The first-order valence-corrected chi connectivity index (χ1v) is 7.75. The number of nitrogens with zero attached hydrogens (tertiary/aromatic N) is 2. The highest BCUT2D eigenvalue weighted by Gasteiger charge is 2.28. The zero-order valence-electron chi connectivity index (χ0n) is 12.2. The standard InChI is InChI=1S/C16H23N3O/c1-2-14-4-3-13-11-19(10-7-15(13)18-14)16(20)12-5-8-17-9-6-12/h3-4,12,17H,2,5-11H2,1H3. The van der Waals surface area contributed by atoms with Gasteiger partial charge in [-0.1, -0.05) is 13.0 Å². The monoisotopic (exact) mass is 273 g/mol. The van der Waals surface area contributed by atoms with Gasteiger partial charge in [0.25, 0.3) is 0 Å². The van der Waals surface area contributed by atoms with Crippen molar-refractivity contribution in [2.45, 2.75) is 39.2 Å². The Morgan fingerprint density at radius 1 is 1.40 bits per heavy atom. The van der Waals surface area contributed by atoms with E-state index in [0.717, 1.165) is 57.6 Å². The summed E-state index contributed by atoms with van der Waals surface area (Å²) >= 11 is 0. The molecule has 4 heteroatoms. The largest absolute Gasteiger partial charge is 0.338 e. The second-order valence-electron chi connectivity index (χ2n) is 5.80. The molecule has 1 aromatic rings. The molecule has 0 atom stereocenters. The highest BCUT2D eigenvalue weighted by Crippen LogP contribution is 2.22. The molecule has 0 unspecified atom stereocenters. The van der Waals surface area contributed by atoms with E-state index in [0.29, 0.717) is 5.91 Å². The van der Waals surface area contributed by atoms with Gasteiger partial charge in [-0.05, 0) is 44.0 Å². The van der Waals surface area contributed by atoms with Gasteiger partial charge >= 0.3 is 0 Å². The smallest absolute Gasteiger partial charge is 0.226 e. The van der Waals surface area contributed by atoms with Gasteiger partial charge in [-0.2, -0.15) is 0 Å². The van der Waals surface area contributed by atoms with Gasteiger partial charge in [-0.15, -0.1) is 0 Å². The minimum absolute atomic E-state index is 0.223. The molecular weight excluding hydrogens is 250 g/mol. The van der Waals surface area contributed by atoms with Crippen molar-refractivity contribution in [2.75, 3.05) is 19.6 Å². The van der Waals surface area contributed by atoms with Crippen LogP contribution in [0.1, 0.15) is 36.7 Å². The van der Waals surface area contributed by atoms with Crippen molar-refractivity contribution >= 4 is 5.91 Å². The summed E-state index contributed by atoms with van der Waals surface area (Å²) in [6, 6.07) is 4.25. The van der Waals surface area contributed by atoms with E-state index in [4.69, 9.17) is 4.98 Å².